The van der Waals surface area contributed by atoms with Crippen molar-refractivity contribution < 1.29 is 17.9 Å². The highest BCUT2D eigenvalue weighted by atomic mass is 35.5. The second kappa shape index (κ2) is 9.32. The Hall–Kier alpha value is -2.25. The molecule has 6 nitrogen and oxygen atoms in total. The van der Waals surface area contributed by atoms with Crippen molar-refractivity contribution in [3.05, 3.63) is 46.5 Å². The van der Waals surface area contributed by atoms with Gasteiger partial charge in [0.15, 0.2) is 0 Å². The summed E-state index contributed by atoms with van der Waals surface area (Å²) in [5.41, 5.74) is 3.06. The molecule has 0 atom stereocenters. The van der Waals surface area contributed by atoms with E-state index in [0.29, 0.717) is 17.3 Å². The van der Waals surface area contributed by atoms with E-state index >= 15 is 0 Å². The maximum atomic E-state index is 13.1. The molecule has 8 heteroatoms. The van der Waals surface area contributed by atoms with Crippen LogP contribution in [0.5, 0.6) is 5.75 Å². The number of rotatable bonds is 5. The summed E-state index contributed by atoms with van der Waals surface area (Å²) in [4.78, 5) is 15.0. The highest BCUT2D eigenvalue weighted by Crippen LogP contribution is 2.35. The summed E-state index contributed by atoms with van der Waals surface area (Å²) in [5, 5.41) is 0.355. The lowest BCUT2D eigenvalue weighted by atomic mass is 9.87. The molecule has 1 aliphatic carbocycles. The van der Waals surface area contributed by atoms with E-state index in [1.165, 1.54) is 19.6 Å². The fourth-order valence-corrected chi connectivity index (χ4v) is 6.13. The largest absolute Gasteiger partial charge is 0.495 e. The topological polar surface area (TPSA) is 75.7 Å². The quantitative estimate of drug-likeness (QED) is 0.633. The number of nitrogens with zero attached hydrogens (tertiary/aromatic N) is 1. The highest BCUT2D eigenvalue weighted by molar-refractivity contribution is 7.92. The second-order valence-corrected chi connectivity index (χ2v) is 10.7. The molecule has 0 aromatic heterocycles. The van der Waals surface area contributed by atoms with Gasteiger partial charge in [-0.1, -0.05) is 30.9 Å². The molecule has 1 amide bonds. The summed E-state index contributed by atoms with van der Waals surface area (Å²) in [6.45, 7) is 2.50. The van der Waals surface area contributed by atoms with E-state index in [1.54, 1.807) is 19.1 Å². The normalized spacial score (nSPS) is 17.0. The molecule has 1 fully saturated rings. The molecule has 0 spiro atoms. The average Bonchev–Trinajstić information content (AvgIpc) is 2.79. The van der Waals surface area contributed by atoms with E-state index in [4.69, 9.17) is 16.3 Å². The Morgan fingerprint density at radius 2 is 1.88 bits per heavy atom. The Morgan fingerprint density at radius 3 is 2.59 bits per heavy atom. The average molecular weight is 477 g/mol. The SMILES string of the molecule is COc1cc(C)c(Cl)cc1S(=O)(=O)Nc1ccc2c(c1)CCCN2C(=O)C1CCCCC1. The first kappa shape index (κ1) is 22.9. The van der Waals surface area contributed by atoms with Gasteiger partial charge in [0.25, 0.3) is 10.0 Å². The van der Waals surface area contributed by atoms with Gasteiger partial charge in [-0.3, -0.25) is 9.52 Å². The number of methoxy groups -OCH3 is 1. The first-order valence-electron chi connectivity index (χ1n) is 11.1. The summed E-state index contributed by atoms with van der Waals surface area (Å²) in [6, 6.07) is 8.41. The number of carbonyl (C=O) groups excluding carboxylic acids is 1. The van der Waals surface area contributed by atoms with Crippen LogP contribution in [0.2, 0.25) is 5.02 Å². The Kier molecular flexibility index (Phi) is 6.67. The summed E-state index contributed by atoms with van der Waals surface area (Å²) in [5.74, 6) is 0.547. The van der Waals surface area contributed by atoms with Gasteiger partial charge in [0.05, 0.1) is 7.11 Å². The van der Waals surface area contributed by atoms with E-state index in [0.717, 1.165) is 55.3 Å². The molecule has 2 aromatic carbocycles. The van der Waals surface area contributed by atoms with Crippen LogP contribution in [0.25, 0.3) is 0 Å². The number of anilines is 2. The number of fused-ring (bicyclic) bond motifs is 1. The summed E-state index contributed by atoms with van der Waals surface area (Å²) in [7, 11) is -2.48. The molecular weight excluding hydrogens is 448 g/mol. The van der Waals surface area contributed by atoms with Crippen LogP contribution in [0.4, 0.5) is 11.4 Å². The number of amides is 1. The molecule has 1 N–H and O–H groups in total. The van der Waals surface area contributed by atoms with E-state index in [1.807, 2.05) is 17.0 Å². The second-order valence-electron chi connectivity index (χ2n) is 8.63. The molecule has 32 heavy (non-hydrogen) atoms. The number of carbonyl (C=O) groups is 1. The minimum absolute atomic E-state index is 0.0116. The molecule has 0 unspecified atom stereocenters. The van der Waals surface area contributed by atoms with Gasteiger partial charge < -0.3 is 9.64 Å². The number of aryl methyl sites for hydroxylation is 2. The smallest absolute Gasteiger partial charge is 0.265 e. The number of hydrogen-bond donors (Lipinski definition) is 1. The third kappa shape index (κ3) is 4.59. The number of nitrogens with one attached hydrogen (secondary N) is 1. The summed E-state index contributed by atoms with van der Waals surface area (Å²) < 4.78 is 34.1. The van der Waals surface area contributed by atoms with E-state index in [-0.39, 0.29) is 22.5 Å². The lowest BCUT2D eigenvalue weighted by molar-refractivity contribution is -0.123. The van der Waals surface area contributed by atoms with Gasteiger partial charge in [0, 0.05) is 28.9 Å². The van der Waals surface area contributed by atoms with Crippen LogP contribution in [-0.2, 0) is 21.2 Å². The van der Waals surface area contributed by atoms with Crippen LogP contribution in [0, 0.1) is 12.8 Å². The van der Waals surface area contributed by atoms with Crippen LogP contribution in [0.1, 0.15) is 49.7 Å². The van der Waals surface area contributed by atoms with Gasteiger partial charge in [0.2, 0.25) is 5.91 Å². The Bertz CT molecular complexity index is 1130. The fraction of sp³-hybridized carbons (Fsp3) is 0.458. The lowest BCUT2D eigenvalue weighted by Crippen LogP contribution is -2.40. The van der Waals surface area contributed by atoms with Crippen molar-refractivity contribution in [3.63, 3.8) is 0 Å². The summed E-state index contributed by atoms with van der Waals surface area (Å²) in [6.07, 6.45) is 7.03. The van der Waals surface area contributed by atoms with Crippen molar-refractivity contribution in [2.24, 2.45) is 5.92 Å². The van der Waals surface area contributed by atoms with Gasteiger partial charge in [-0.25, -0.2) is 8.42 Å². The van der Waals surface area contributed by atoms with Gasteiger partial charge in [-0.2, -0.15) is 0 Å². The first-order valence-corrected chi connectivity index (χ1v) is 13.0. The van der Waals surface area contributed by atoms with Crippen molar-refractivity contribution in [2.45, 2.75) is 56.8 Å². The molecule has 0 bridgehead atoms. The number of hydrogen-bond acceptors (Lipinski definition) is 4. The Labute approximate surface area is 195 Å². The number of halogens is 1. The van der Waals surface area contributed by atoms with Gasteiger partial charge in [-0.15, -0.1) is 0 Å². The monoisotopic (exact) mass is 476 g/mol. The van der Waals surface area contributed by atoms with E-state index in [2.05, 4.69) is 4.72 Å². The van der Waals surface area contributed by atoms with Crippen molar-refractivity contribution in [3.8, 4) is 5.75 Å². The fourth-order valence-electron chi connectivity index (χ4n) is 4.68. The highest BCUT2D eigenvalue weighted by Gasteiger charge is 2.30. The standard InChI is InChI=1S/C24H29ClN2O4S/c1-16-13-22(31-2)23(15-20(16)25)32(29,30)26-19-10-11-21-18(14-19)9-6-12-27(21)24(28)17-7-4-3-5-8-17/h10-11,13-15,17,26H,3-9,12H2,1-2H3. The van der Waals surface area contributed by atoms with Crippen LogP contribution in [-0.4, -0.2) is 28.0 Å². The third-order valence-corrected chi connectivity index (χ3v) is 8.21. The summed E-state index contributed by atoms with van der Waals surface area (Å²) >= 11 is 6.17. The van der Waals surface area contributed by atoms with Gasteiger partial charge in [-0.05, 0) is 74.1 Å². The van der Waals surface area contributed by atoms with Crippen molar-refractivity contribution >= 4 is 38.9 Å². The molecule has 1 aliphatic heterocycles. The molecule has 0 saturated heterocycles. The third-order valence-electron chi connectivity index (χ3n) is 6.41. The lowest BCUT2D eigenvalue weighted by Gasteiger charge is -2.34. The molecule has 172 valence electrons. The van der Waals surface area contributed by atoms with E-state index in [9.17, 15) is 13.2 Å². The predicted octanol–water partition coefficient (Wildman–Crippen LogP) is 5.32. The molecule has 1 saturated carbocycles. The Morgan fingerprint density at radius 1 is 1.12 bits per heavy atom. The van der Waals surface area contributed by atoms with Crippen molar-refractivity contribution in [1.82, 2.24) is 0 Å². The van der Waals surface area contributed by atoms with Crippen LogP contribution >= 0.6 is 11.6 Å². The molecular formula is C24H29ClN2O4S. The first-order chi connectivity index (χ1) is 15.3. The Balaban J connectivity index is 1.59. The molecule has 0 radical (unpaired) electrons. The number of sulfonamides is 1. The van der Waals surface area contributed by atoms with Gasteiger partial charge >= 0.3 is 0 Å². The zero-order valence-electron chi connectivity index (χ0n) is 18.5. The van der Waals surface area contributed by atoms with Crippen molar-refractivity contribution in [2.75, 3.05) is 23.3 Å². The molecule has 2 aliphatic rings. The molecule has 1 heterocycles. The number of ether oxygens (including phenoxy) is 1. The molecule has 2 aromatic rings. The zero-order chi connectivity index (χ0) is 22.9. The molecule has 4 rings (SSSR count). The van der Waals surface area contributed by atoms with Crippen molar-refractivity contribution in [1.29, 1.82) is 0 Å². The van der Waals surface area contributed by atoms with Crippen LogP contribution in [0.3, 0.4) is 0 Å². The van der Waals surface area contributed by atoms with Gasteiger partial charge in [0.1, 0.15) is 10.6 Å². The van der Waals surface area contributed by atoms with Crippen LogP contribution < -0.4 is 14.4 Å². The minimum Gasteiger partial charge on any atom is -0.495 e. The van der Waals surface area contributed by atoms with E-state index < -0.39 is 10.0 Å². The maximum Gasteiger partial charge on any atom is 0.265 e. The number of benzene rings is 2. The van der Waals surface area contributed by atoms with Crippen LogP contribution in [0.15, 0.2) is 35.2 Å². The minimum atomic E-state index is -3.91. The maximum absolute atomic E-state index is 13.1. The zero-order valence-corrected chi connectivity index (χ0v) is 20.1. The predicted molar refractivity (Wildman–Crippen MR) is 127 cm³/mol.